The highest BCUT2D eigenvalue weighted by Crippen LogP contribution is 2.20. The molecule has 1 heterocycles. The molecule has 6 heteroatoms. The summed E-state index contributed by atoms with van der Waals surface area (Å²) < 4.78 is 19.1. The zero-order chi connectivity index (χ0) is 14.5. The van der Waals surface area contributed by atoms with E-state index in [1.807, 2.05) is 13.0 Å². The van der Waals surface area contributed by atoms with Crippen LogP contribution < -0.4 is 5.32 Å². The molecule has 0 aromatic heterocycles. The van der Waals surface area contributed by atoms with Gasteiger partial charge in [-0.3, -0.25) is 4.79 Å². The van der Waals surface area contributed by atoms with Gasteiger partial charge in [-0.2, -0.15) is 0 Å². The molecule has 1 aromatic carbocycles. The molecule has 1 saturated heterocycles. The first-order chi connectivity index (χ1) is 9.59. The lowest BCUT2D eigenvalue weighted by Crippen LogP contribution is -2.49. The zero-order valence-corrected chi connectivity index (χ0v) is 13.0. The van der Waals surface area contributed by atoms with Crippen molar-refractivity contribution in [1.82, 2.24) is 10.2 Å². The van der Waals surface area contributed by atoms with Crippen LogP contribution in [-0.2, 0) is 16.1 Å². The van der Waals surface area contributed by atoms with E-state index in [0.29, 0.717) is 37.3 Å². The second-order valence-electron chi connectivity index (χ2n) is 4.75. The van der Waals surface area contributed by atoms with Gasteiger partial charge in [0.15, 0.2) is 0 Å². The van der Waals surface area contributed by atoms with Crippen molar-refractivity contribution in [3.63, 3.8) is 0 Å². The van der Waals surface area contributed by atoms with Crippen molar-refractivity contribution in [1.29, 1.82) is 0 Å². The summed E-state index contributed by atoms with van der Waals surface area (Å²) in [6.45, 7) is 4.71. The number of amides is 1. The highest BCUT2D eigenvalue weighted by molar-refractivity contribution is 9.10. The first-order valence-electron chi connectivity index (χ1n) is 6.62. The van der Waals surface area contributed by atoms with Gasteiger partial charge in [-0.05, 0) is 34.5 Å². The molecule has 1 N–H and O–H groups in total. The molecule has 1 fully saturated rings. The molecule has 0 radical (unpaired) electrons. The topological polar surface area (TPSA) is 41.6 Å². The summed E-state index contributed by atoms with van der Waals surface area (Å²) >= 11 is 3.22. The average molecular weight is 345 g/mol. The highest BCUT2D eigenvalue weighted by atomic mass is 79.9. The average Bonchev–Trinajstić information content (AvgIpc) is 2.48. The van der Waals surface area contributed by atoms with Crippen molar-refractivity contribution in [2.45, 2.75) is 19.5 Å². The number of nitrogens with zero attached hydrogens (tertiary/aromatic N) is 1. The minimum Gasteiger partial charge on any atom is -0.378 e. The molecule has 1 aliphatic heterocycles. The van der Waals surface area contributed by atoms with Gasteiger partial charge in [-0.1, -0.05) is 12.1 Å². The fraction of sp³-hybridized carbons (Fsp3) is 0.500. The molecular formula is C14H18BrFN2O2. The molecule has 20 heavy (non-hydrogen) atoms. The summed E-state index contributed by atoms with van der Waals surface area (Å²) in [5.41, 5.74) is 0.798. The van der Waals surface area contributed by atoms with Gasteiger partial charge < -0.3 is 15.0 Å². The van der Waals surface area contributed by atoms with E-state index < -0.39 is 0 Å². The van der Waals surface area contributed by atoms with Crippen molar-refractivity contribution >= 4 is 21.8 Å². The van der Waals surface area contributed by atoms with E-state index in [4.69, 9.17) is 4.74 Å². The van der Waals surface area contributed by atoms with Crippen LogP contribution in [0.2, 0.25) is 0 Å². The van der Waals surface area contributed by atoms with Crippen molar-refractivity contribution in [3.8, 4) is 0 Å². The molecule has 0 saturated carbocycles. The van der Waals surface area contributed by atoms with Gasteiger partial charge in [0.05, 0.1) is 23.7 Å². The number of hydrogen-bond donors (Lipinski definition) is 1. The summed E-state index contributed by atoms with van der Waals surface area (Å²) in [6.07, 6.45) is 0. The fourth-order valence-corrected chi connectivity index (χ4v) is 2.50. The Balaban J connectivity index is 1.89. The van der Waals surface area contributed by atoms with Crippen LogP contribution in [-0.4, -0.2) is 43.2 Å². The zero-order valence-electron chi connectivity index (χ0n) is 11.4. The van der Waals surface area contributed by atoms with Crippen LogP contribution >= 0.6 is 15.9 Å². The molecule has 1 aromatic rings. The first-order valence-corrected chi connectivity index (χ1v) is 7.41. The van der Waals surface area contributed by atoms with Gasteiger partial charge >= 0.3 is 0 Å². The monoisotopic (exact) mass is 344 g/mol. The number of morpholine rings is 1. The molecule has 4 nitrogen and oxygen atoms in total. The normalized spacial score (nSPS) is 17.1. The van der Waals surface area contributed by atoms with Gasteiger partial charge in [0.2, 0.25) is 5.91 Å². The highest BCUT2D eigenvalue weighted by Gasteiger charge is 2.22. The molecule has 1 amide bonds. The van der Waals surface area contributed by atoms with Gasteiger partial charge in [0.25, 0.3) is 0 Å². The Labute approximate surface area is 126 Å². The van der Waals surface area contributed by atoms with E-state index in [2.05, 4.69) is 21.2 Å². The Hall–Kier alpha value is -0.980. The number of benzene rings is 1. The molecule has 2 rings (SSSR count). The maximum atomic E-state index is 13.4. The maximum Gasteiger partial charge on any atom is 0.239 e. The van der Waals surface area contributed by atoms with E-state index in [9.17, 15) is 9.18 Å². The largest absolute Gasteiger partial charge is 0.378 e. The molecule has 0 aliphatic carbocycles. The van der Waals surface area contributed by atoms with Crippen LogP contribution in [0.15, 0.2) is 22.7 Å². The number of hydrogen-bond acceptors (Lipinski definition) is 3. The third kappa shape index (κ3) is 3.77. The van der Waals surface area contributed by atoms with Crippen LogP contribution in [0.3, 0.4) is 0 Å². The van der Waals surface area contributed by atoms with Gasteiger partial charge in [-0.15, -0.1) is 0 Å². The van der Waals surface area contributed by atoms with Crippen LogP contribution in [0, 0.1) is 5.82 Å². The first kappa shape index (κ1) is 15.4. The molecule has 1 aliphatic rings. The van der Waals surface area contributed by atoms with E-state index >= 15 is 0 Å². The maximum absolute atomic E-state index is 13.4. The Bertz CT molecular complexity index is 478. The Kier molecular flexibility index (Phi) is 5.51. The lowest BCUT2D eigenvalue weighted by atomic mass is 10.2. The summed E-state index contributed by atoms with van der Waals surface area (Å²) in [7, 11) is 0. The summed E-state index contributed by atoms with van der Waals surface area (Å²) in [6, 6.07) is 4.58. The van der Waals surface area contributed by atoms with Crippen molar-refractivity contribution < 1.29 is 13.9 Å². The lowest BCUT2D eigenvalue weighted by molar-refractivity contribution is -0.137. The summed E-state index contributed by atoms with van der Waals surface area (Å²) in [4.78, 5) is 14.0. The molecule has 1 unspecified atom stereocenters. The molecule has 110 valence electrons. The predicted molar refractivity (Wildman–Crippen MR) is 77.8 cm³/mol. The third-order valence-corrected chi connectivity index (χ3v) is 4.21. The Morgan fingerprint density at radius 3 is 2.90 bits per heavy atom. The molecular weight excluding hydrogens is 327 g/mol. The number of rotatable bonds is 4. The third-order valence-electron chi connectivity index (χ3n) is 3.32. The second kappa shape index (κ2) is 7.15. The number of halogens is 2. The summed E-state index contributed by atoms with van der Waals surface area (Å²) in [5, 5.41) is 3.14. The molecule has 0 bridgehead atoms. The molecule has 1 atom stereocenters. The second-order valence-corrected chi connectivity index (χ2v) is 5.55. The van der Waals surface area contributed by atoms with Gasteiger partial charge in [-0.25, -0.2) is 4.39 Å². The minimum absolute atomic E-state index is 0.0563. The number of carbonyl (C=O) groups is 1. The van der Waals surface area contributed by atoms with E-state index in [1.54, 1.807) is 11.0 Å². The lowest BCUT2D eigenvalue weighted by Gasteiger charge is -2.29. The Morgan fingerprint density at radius 1 is 1.50 bits per heavy atom. The number of ether oxygens (including phenoxy) is 1. The quantitative estimate of drug-likeness (QED) is 0.907. The van der Waals surface area contributed by atoms with E-state index in [1.165, 1.54) is 6.07 Å². The fourth-order valence-electron chi connectivity index (χ4n) is 2.09. The van der Waals surface area contributed by atoms with Gasteiger partial charge in [0, 0.05) is 19.6 Å². The van der Waals surface area contributed by atoms with E-state index in [0.717, 1.165) is 5.56 Å². The Morgan fingerprint density at radius 2 is 2.20 bits per heavy atom. The minimum atomic E-state index is -0.303. The summed E-state index contributed by atoms with van der Waals surface area (Å²) in [5.74, 6) is -0.239. The molecule has 0 spiro atoms. The number of nitrogens with one attached hydrogen (secondary N) is 1. The standard InChI is InChI=1S/C14H18BrFN2O2/c1-10(14(19)18-5-7-20-8-6-18)17-9-11-3-2-4-12(16)13(11)15/h2-4,10,17H,5-9H2,1H3. The smallest absolute Gasteiger partial charge is 0.239 e. The van der Waals surface area contributed by atoms with Crippen molar-refractivity contribution in [2.24, 2.45) is 0 Å². The SMILES string of the molecule is CC(NCc1cccc(F)c1Br)C(=O)N1CCOCC1. The van der Waals surface area contributed by atoms with E-state index in [-0.39, 0.29) is 17.8 Å². The number of carbonyl (C=O) groups excluding carboxylic acids is 1. The predicted octanol–water partition coefficient (Wildman–Crippen LogP) is 1.93. The van der Waals surface area contributed by atoms with Crippen molar-refractivity contribution in [3.05, 3.63) is 34.1 Å². The van der Waals surface area contributed by atoms with Crippen molar-refractivity contribution in [2.75, 3.05) is 26.3 Å². The van der Waals surface area contributed by atoms with Crippen LogP contribution in [0.5, 0.6) is 0 Å². The van der Waals surface area contributed by atoms with Crippen LogP contribution in [0.4, 0.5) is 4.39 Å². The van der Waals surface area contributed by atoms with Crippen LogP contribution in [0.1, 0.15) is 12.5 Å². The van der Waals surface area contributed by atoms with Gasteiger partial charge in [0.1, 0.15) is 5.82 Å². The van der Waals surface area contributed by atoms with Crippen LogP contribution in [0.25, 0.3) is 0 Å².